The van der Waals surface area contributed by atoms with Crippen LogP contribution in [0, 0.1) is 0 Å². The third-order valence-electron chi connectivity index (χ3n) is 3.51. The van der Waals surface area contributed by atoms with E-state index in [1.54, 1.807) is 0 Å². The molecule has 1 aromatic heterocycles. The molecule has 0 amide bonds. The van der Waals surface area contributed by atoms with Crippen LogP contribution in [0.25, 0.3) is 0 Å². The molecule has 0 spiro atoms. The van der Waals surface area contributed by atoms with E-state index in [0.29, 0.717) is 24.4 Å². The molecule has 1 aliphatic carbocycles. The molecule has 7 nitrogen and oxygen atoms in total. The lowest BCUT2D eigenvalue weighted by Crippen LogP contribution is -2.45. The van der Waals surface area contributed by atoms with Gasteiger partial charge in [0.2, 0.25) is 5.95 Å². The average molecular weight is 298 g/mol. The first-order valence-electron chi connectivity index (χ1n) is 6.80. The Morgan fingerprint density at radius 2 is 2.30 bits per heavy atom. The van der Waals surface area contributed by atoms with Crippen LogP contribution < -0.4 is 4.90 Å². The van der Waals surface area contributed by atoms with Crippen molar-refractivity contribution in [1.82, 2.24) is 14.8 Å². The molecular formula is C12H18N4O3S. The second kappa shape index (κ2) is 5.61. The number of morpholine rings is 1. The van der Waals surface area contributed by atoms with Crippen LogP contribution in [0.1, 0.15) is 25.8 Å². The van der Waals surface area contributed by atoms with Crippen molar-refractivity contribution < 1.29 is 14.6 Å². The molecule has 1 atom stereocenters. The molecule has 0 radical (unpaired) electrons. The fraction of sp³-hybridized carbons (Fsp3) is 0.750. The molecule has 1 N–H and O–H groups in total. The molecule has 3 rings (SSSR count). The second-order valence-corrected chi connectivity index (χ2v) is 6.13. The minimum absolute atomic E-state index is 0.0174. The summed E-state index contributed by atoms with van der Waals surface area (Å²) in [5.74, 6) is 0.0431. The van der Waals surface area contributed by atoms with Crippen LogP contribution in [0.3, 0.4) is 0 Å². The molecular weight excluding hydrogens is 280 g/mol. The Bertz CT molecular complexity index is 503. The van der Waals surface area contributed by atoms with E-state index in [1.807, 2.05) is 0 Å². The summed E-state index contributed by atoms with van der Waals surface area (Å²) < 4.78 is 7.56. The predicted octanol–water partition coefficient (Wildman–Crippen LogP) is 1.01. The van der Waals surface area contributed by atoms with Gasteiger partial charge in [0.05, 0.1) is 25.0 Å². The number of ether oxygens (including phenoxy) is 1. The van der Waals surface area contributed by atoms with Crippen molar-refractivity contribution in [3.63, 3.8) is 0 Å². The Balaban J connectivity index is 1.84. The summed E-state index contributed by atoms with van der Waals surface area (Å²) in [6, 6.07) is 0.689. The van der Waals surface area contributed by atoms with Gasteiger partial charge in [-0.05, 0) is 19.8 Å². The van der Waals surface area contributed by atoms with E-state index in [4.69, 9.17) is 9.84 Å². The van der Waals surface area contributed by atoms with E-state index in [9.17, 15) is 4.79 Å². The predicted molar refractivity (Wildman–Crippen MR) is 74.3 cm³/mol. The molecule has 1 aliphatic heterocycles. The van der Waals surface area contributed by atoms with Crippen molar-refractivity contribution in [2.45, 2.75) is 37.0 Å². The molecule has 0 aromatic carbocycles. The molecule has 2 heterocycles. The van der Waals surface area contributed by atoms with E-state index in [0.717, 1.165) is 25.3 Å². The number of anilines is 1. The summed E-state index contributed by atoms with van der Waals surface area (Å²) in [6.07, 6.45) is 2.23. The van der Waals surface area contributed by atoms with Gasteiger partial charge in [-0.1, -0.05) is 11.8 Å². The molecule has 8 heteroatoms. The zero-order chi connectivity index (χ0) is 14.1. The van der Waals surface area contributed by atoms with Crippen LogP contribution in [0.15, 0.2) is 5.16 Å². The van der Waals surface area contributed by atoms with Crippen LogP contribution in [-0.4, -0.2) is 57.4 Å². The van der Waals surface area contributed by atoms with Crippen LogP contribution in [0.4, 0.5) is 5.95 Å². The maximum absolute atomic E-state index is 10.7. The molecule has 2 fully saturated rings. The molecule has 1 aromatic rings. The van der Waals surface area contributed by atoms with Gasteiger partial charge >= 0.3 is 5.97 Å². The number of carboxylic acid groups (broad SMARTS) is 1. The third-order valence-corrected chi connectivity index (χ3v) is 4.44. The Morgan fingerprint density at radius 3 is 2.95 bits per heavy atom. The maximum Gasteiger partial charge on any atom is 0.313 e. The first-order valence-corrected chi connectivity index (χ1v) is 7.79. The van der Waals surface area contributed by atoms with Gasteiger partial charge in [-0.15, -0.1) is 10.2 Å². The van der Waals surface area contributed by atoms with Gasteiger partial charge in [-0.3, -0.25) is 9.36 Å². The average Bonchev–Trinajstić information content (AvgIpc) is 3.17. The minimum atomic E-state index is -0.832. The van der Waals surface area contributed by atoms with Crippen molar-refractivity contribution in [2.75, 3.05) is 30.4 Å². The van der Waals surface area contributed by atoms with Crippen molar-refractivity contribution in [3.05, 3.63) is 0 Å². The highest BCUT2D eigenvalue weighted by atomic mass is 32.2. The summed E-state index contributed by atoms with van der Waals surface area (Å²) in [5, 5.41) is 18.0. The van der Waals surface area contributed by atoms with Gasteiger partial charge in [-0.25, -0.2) is 0 Å². The molecule has 2 aliphatic rings. The summed E-state index contributed by atoms with van der Waals surface area (Å²) in [4.78, 5) is 12.9. The van der Waals surface area contributed by atoms with E-state index >= 15 is 0 Å². The Hall–Kier alpha value is -1.28. The highest BCUT2D eigenvalue weighted by Gasteiger charge is 2.33. The van der Waals surface area contributed by atoms with E-state index in [1.165, 1.54) is 11.8 Å². The van der Waals surface area contributed by atoms with Crippen LogP contribution in [0.2, 0.25) is 0 Å². The lowest BCUT2D eigenvalue weighted by atomic mass is 10.3. The Morgan fingerprint density at radius 1 is 1.50 bits per heavy atom. The number of hydrogen-bond acceptors (Lipinski definition) is 6. The molecule has 20 heavy (non-hydrogen) atoms. The Kier molecular flexibility index (Phi) is 3.84. The van der Waals surface area contributed by atoms with Gasteiger partial charge in [0.1, 0.15) is 0 Å². The second-order valence-electron chi connectivity index (χ2n) is 5.18. The molecule has 1 saturated heterocycles. The van der Waals surface area contributed by atoms with E-state index < -0.39 is 5.97 Å². The minimum Gasteiger partial charge on any atom is -0.481 e. The number of thioether (sulfide) groups is 1. The fourth-order valence-electron chi connectivity index (χ4n) is 2.37. The number of aliphatic carboxylic acids is 1. The number of carboxylic acids is 1. The lowest BCUT2D eigenvalue weighted by Gasteiger charge is -2.34. The number of aromatic nitrogens is 3. The zero-order valence-electron chi connectivity index (χ0n) is 11.4. The van der Waals surface area contributed by atoms with Crippen molar-refractivity contribution in [2.24, 2.45) is 0 Å². The number of hydrogen-bond donors (Lipinski definition) is 1. The highest BCUT2D eigenvalue weighted by Crippen LogP contribution is 2.41. The van der Waals surface area contributed by atoms with Gasteiger partial charge in [0.25, 0.3) is 0 Å². The fourth-order valence-corrected chi connectivity index (χ4v) is 3.09. The molecule has 1 saturated carbocycles. The monoisotopic (exact) mass is 298 g/mol. The van der Waals surface area contributed by atoms with Crippen molar-refractivity contribution in [3.8, 4) is 0 Å². The first kappa shape index (κ1) is 13.7. The molecule has 1 unspecified atom stereocenters. The molecule has 110 valence electrons. The summed E-state index contributed by atoms with van der Waals surface area (Å²) in [7, 11) is 0. The number of carbonyl (C=O) groups is 1. The highest BCUT2D eigenvalue weighted by molar-refractivity contribution is 7.99. The Labute approximate surface area is 121 Å². The summed E-state index contributed by atoms with van der Waals surface area (Å²) in [6.45, 7) is 4.29. The van der Waals surface area contributed by atoms with Gasteiger partial charge in [0, 0.05) is 12.6 Å². The lowest BCUT2D eigenvalue weighted by molar-refractivity contribution is -0.133. The number of nitrogens with zero attached hydrogens (tertiary/aromatic N) is 4. The third kappa shape index (κ3) is 2.76. The largest absolute Gasteiger partial charge is 0.481 e. The SMILES string of the molecule is CC1COCCN1c1nnc(SCC(=O)O)n1C1CC1. The topological polar surface area (TPSA) is 80.5 Å². The van der Waals surface area contributed by atoms with Crippen molar-refractivity contribution in [1.29, 1.82) is 0 Å². The van der Waals surface area contributed by atoms with Gasteiger partial charge in [-0.2, -0.15) is 0 Å². The van der Waals surface area contributed by atoms with E-state index in [2.05, 4.69) is 26.6 Å². The zero-order valence-corrected chi connectivity index (χ0v) is 12.2. The first-order chi connectivity index (χ1) is 9.66. The van der Waals surface area contributed by atoms with Gasteiger partial charge < -0.3 is 14.7 Å². The normalized spacial score (nSPS) is 23.1. The quantitative estimate of drug-likeness (QED) is 0.813. The van der Waals surface area contributed by atoms with Gasteiger partial charge in [0.15, 0.2) is 5.16 Å². The standard InChI is InChI=1S/C12H18N4O3S/c1-8-6-19-5-4-15(8)11-13-14-12(20-7-10(17)18)16(11)9-2-3-9/h8-9H,2-7H2,1H3,(H,17,18). The number of rotatable bonds is 5. The molecule has 0 bridgehead atoms. The summed E-state index contributed by atoms with van der Waals surface area (Å²) in [5.41, 5.74) is 0. The maximum atomic E-state index is 10.7. The van der Waals surface area contributed by atoms with E-state index in [-0.39, 0.29) is 11.8 Å². The smallest absolute Gasteiger partial charge is 0.313 e. The van der Waals surface area contributed by atoms with Crippen molar-refractivity contribution >= 4 is 23.7 Å². The van der Waals surface area contributed by atoms with Crippen LogP contribution in [0.5, 0.6) is 0 Å². The van der Waals surface area contributed by atoms with Crippen LogP contribution in [-0.2, 0) is 9.53 Å². The summed E-state index contributed by atoms with van der Waals surface area (Å²) >= 11 is 1.24. The van der Waals surface area contributed by atoms with Crippen LogP contribution >= 0.6 is 11.8 Å².